The Morgan fingerprint density at radius 2 is 1.78 bits per heavy atom. The van der Waals surface area contributed by atoms with Crippen LogP contribution in [0.1, 0.15) is 15.9 Å². The van der Waals surface area contributed by atoms with Gasteiger partial charge in [-0.1, -0.05) is 17.7 Å². The molecule has 0 heterocycles. The Bertz CT molecular complexity index is 746. The largest absolute Gasteiger partial charge is 0.502 e. The van der Waals surface area contributed by atoms with Gasteiger partial charge in [0.1, 0.15) is 5.82 Å². The Balaban J connectivity index is 2.30. The van der Waals surface area contributed by atoms with Gasteiger partial charge in [-0.25, -0.2) is 4.39 Å². The molecule has 0 saturated carbocycles. The van der Waals surface area contributed by atoms with Crippen molar-refractivity contribution in [1.82, 2.24) is 0 Å². The van der Waals surface area contributed by atoms with Crippen LogP contribution in [0.4, 0.5) is 4.39 Å². The minimum atomic E-state index is -0.511. The lowest BCUT2D eigenvalue weighted by molar-refractivity contribution is 0.104. The van der Waals surface area contributed by atoms with Crippen LogP contribution in [0, 0.1) is 5.82 Å². The summed E-state index contributed by atoms with van der Waals surface area (Å²) in [5.74, 6) is -0.572. The first-order valence-corrected chi connectivity index (χ1v) is 6.96. The van der Waals surface area contributed by atoms with E-state index in [1.165, 1.54) is 38.5 Å². The van der Waals surface area contributed by atoms with Gasteiger partial charge in [0.25, 0.3) is 0 Å². The first kappa shape index (κ1) is 16.8. The number of benzene rings is 2. The molecule has 120 valence electrons. The van der Waals surface area contributed by atoms with Crippen molar-refractivity contribution >= 4 is 23.5 Å². The number of hydrogen-bond donors (Lipinski definition) is 1. The van der Waals surface area contributed by atoms with Crippen LogP contribution in [0.3, 0.4) is 0 Å². The number of ketones is 1. The normalized spacial score (nSPS) is 10.8. The summed E-state index contributed by atoms with van der Waals surface area (Å²) < 4.78 is 23.1. The minimum absolute atomic E-state index is 0.0421. The summed E-state index contributed by atoms with van der Waals surface area (Å²) in [5, 5.41) is 9.88. The van der Waals surface area contributed by atoms with Gasteiger partial charge in [0.15, 0.2) is 17.3 Å². The molecule has 0 bridgehead atoms. The van der Waals surface area contributed by atoms with E-state index in [1.807, 2.05) is 0 Å². The number of phenolic OH excluding ortho intramolecular Hbond substituents is 1. The minimum Gasteiger partial charge on any atom is -0.502 e. The summed E-state index contributed by atoms with van der Waals surface area (Å²) in [6.07, 6.45) is 2.82. The SMILES string of the molecule is COc1cc(/C=C/C(=O)c2ccc(F)cc2Cl)cc(OC)c1O. The molecule has 0 aromatic heterocycles. The summed E-state index contributed by atoms with van der Waals surface area (Å²) in [6, 6.07) is 6.67. The summed E-state index contributed by atoms with van der Waals surface area (Å²) in [6.45, 7) is 0. The summed E-state index contributed by atoms with van der Waals surface area (Å²) in [4.78, 5) is 12.1. The number of phenols is 1. The smallest absolute Gasteiger partial charge is 0.200 e. The molecule has 0 atom stereocenters. The van der Waals surface area contributed by atoms with Crippen LogP contribution in [0.2, 0.25) is 5.02 Å². The van der Waals surface area contributed by atoms with Crippen LogP contribution in [0.15, 0.2) is 36.4 Å². The third-order valence-electron chi connectivity index (χ3n) is 3.13. The van der Waals surface area contributed by atoms with Crippen molar-refractivity contribution in [2.45, 2.75) is 0 Å². The molecule has 0 saturated heterocycles. The number of allylic oxidation sites excluding steroid dienone is 1. The number of rotatable bonds is 5. The fourth-order valence-corrected chi connectivity index (χ4v) is 2.22. The third kappa shape index (κ3) is 3.81. The van der Waals surface area contributed by atoms with Gasteiger partial charge in [0.2, 0.25) is 5.75 Å². The number of aromatic hydroxyl groups is 1. The maximum absolute atomic E-state index is 13.0. The first-order chi connectivity index (χ1) is 11.0. The van der Waals surface area contributed by atoms with Gasteiger partial charge in [-0.2, -0.15) is 0 Å². The number of halogens is 2. The van der Waals surface area contributed by atoms with Gasteiger partial charge in [-0.05, 0) is 42.0 Å². The van der Waals surface area contributed by atoms with E-state index in [0.717, 1.165) is 6.07 Å². The van der Waals surface area contributed by atoms with E-state index in [0.29, 0.717) is 5.56 Å². The second kappa shape index (κ2) is 7.15. The van der Waals surface area contributed by atoms with Crippen LogP contribution >= 0.6 is 11.6 Å². The Kier molecular flexibility index (Phi) is 5.24. The molecule has 0 spiro atoms. The van der Waals surface area contributed by atoms with Crippen molar-refractivity contribution in [3.8, 4) is 17.2 Å². The van der Waals surface area contributed by atoms with E-state index in [9.17, 15) is 14.3 Å². The molecule has 1 N–H and O–H groups in total. The van der Waals surface area contributed by atoms with E-state index >= 15 is 0 Å². The fourth-order valence-electron chi connectivity index (χ4n) is 1.96. The highest BCUT2D eigenvalue weighted by molar-refractivity contribution is 6.34. The Morgan fingerprint density at radius 3 is 2.30 bits per heavy atom. The molecule has 2 aromatic rings. The van der Waals surface area contributed by atoms with E-state index in [-0.39, 0.29) is 33.6 Å². The van der Waals surface area contributed by atoms with Crippen LogP contribution in [0.25, 0.3) is 6.08 Å². The molecule has 23 heavy (non-hydrogen) atoms. The highest BCUT2D eigenvalue weighted by Gasteiger charge is 2.11. The summed E-state index contributed by atoms with van der Waals surface area (Å²) >= 11 is 5.85. The number of carbonyl (C=O) groups is 1. The summed E-state index contributed by atoms with van der Waals surface area (Å²) in [7, 11) is 2.82. The monoisotopic (exact) mass is 336 g/mol. The predicted octanol–water partition coefficient (Wildman–Crippen LogP) is 4.10. The standard InChI is InChI=1S/C17H14ClFO4/c1-22-15-7-10(8-16(23-2)17(15)21)3-6-14(20)12-5-4-11(19)9-13(12)18/h3-9,21H,1-2H3/b6-3+. The zero-order valence-electron chi connectivity index (χ0n) is 12.5. The fraction of sp³-hybridized carbons (Fsp3) is 0.118. The van der Waals surface area contributed by atoms with Gasteiger partial charge in [-0.3, -0.25) is 4.79 Å². The number of hydrogen-bond acceptors (Lipinski definition) is 4. The average molecular weight is 337 g/mol. The van der Waals surface area contributed by atoms with Gasteiger partial charge in [-0.15, -0.1) is 0 Å². The zero-order valence-corrected chi connectivity index (χ0v) is 13.2. The van der Waals surface area contributed by atoms with Crippen molar-refractivity contribution in [2.75, 3.05) is 14.2 Å². The highest BCUT2D eigenvalue weighted by Crippen LogP contribution is 2.37. The molecular formula is C17H14ClFO4. The molecule has 0 aliphatic rings. The van der Waals surface area contributed by atoms with Crippen LogP contribution in [-0.2, 0) is 0 Å². The molecule has 0 amide bonds. The maximum atomic E-state index is 13.0. The Labute approximate surface area is 137 Å². The average Bonchev–Trinajstić information content (AvgIpc) is 2.53. The molecular weight excluding hydrogens is 323 g/mol. The molecule has 2 aromatic carbocycles. The highest BCUT2D eigenvalue weighted by atomic mass is 35.5. The van der Waals surface area contributed by atoms with E-state index in [4.69, 9.17) is 21.1 Å². The lowest BCUT2D eigenvalue weighted by Crippen LogP contribution is -1.96. The van der Waals surface area contributed by atoms with Gasteiger partial charge in [0.05, 0.1) is 19.2 Å². The molecule has 0 aliphatic carbocycles. The maximum Gasteiger partial charge on any atom is 0.200 e. The second-order valence-corrected chi connectivity index (χ2v) is 5.00. The zero-order chi connectivity index (χ0) is 17.0. The van der Waals surface area contributed by atoms with Crippen LogP contribution < -0.4 is 9.47 Å². The molecule has 0 radical (unpaired) electrons. The molecule has 2 rings (SSSR count). The van der Waals surface area contributed by atoms with Gasteiger partial charge in [0, 0.05) is 5.56 Å². The lowest BCUT2D eigenvalue weighted by atomic mass is 10.1. The van der Waals surface area contributed by atoms with Crippen molar-refractivity contribution in [3.63, 3.8) is 0 Å². The number of methoxy groups -OCH3 is 2. The van der Waals surface area contributed by atoms with Crippen LogP contribution in [0.5, 0.6) is 17.2 Å². The van der Waals surface area contributed by atoms with Crippen molar-refractivity contribution < 1.29 is 23.8 Å². The first-order valence-electron chi connectivity index (χ1n) is 6.58. The molecule has 6 heteroatoms. The lowest BCUT2D eigenvalue weighted by Gasteiger charge is -2.09. The van der Waals surface area contributed by atoms with E-state index < -0.39 is 5.82 Å². The van der Waals surface area contributed by atoms with Crippen molar-refractivity contribution in [2.24, 2.45) is 0 Å². The molecule has 0 unspecified atom stereocenters. The van der Waals surface area contributed by atoms with Gasteiger partial charge < -0.3 is 14.6 Å². The summed E-state index contributed by atoms with van der Waals surface area (Å²) in [5.41, 5.74) is 0.783. The quantitative estimate of drug-likeness (QED) is 0.659. The van der Waals surface area contributed by atoms with Crippen molar-refractivity contribution in [3.05, 3.63) is 58.4 Å². The van der Waals surface area contributed by atoms with E-state index in [2.05, 4.69) is 0 Å². The molecule has 4 nitrogen and oxygen atoms in total. The molecule has 0 aliphatic heterocycles. The van der Waals surface area contributed by atoms with E-state index in [1.54, 1.807) is 12.1 Å². The Hall–Kier alpha value is -2.53. The predicted molar refractivity (Wildman–Crippen MR) is 86.0 cm³/mol. The second-order valence-electron chi connectivity index (χ2n) is 4.60. The topological polar surface area (TPSA) is 55.8 Å². The van der Waals surface area contributed by atoms with Crippen molar-refractivity contribution in [1.29, 1.82) is 0 Å². The van der Waals surface area contributed by atoms with Gasteiger partial charge >= 0.3 is 0 Å². The molecule has 0 fully saturated rings. The number of carbonyl (C=O) groups excluding carboxylic acids is 1. The Morgan fingerprint density at radius 1 is 1.17 bits per heavy atom. The third-order valence-corrected chi connectivity index (χ3v) is 3.44. The van der Waals surface area contributed by atoms with Crippen LogP contribution in [-0.4, -0.2) is 25.1 Å². The number of ether oxygens (including phenoxy) is 2.